The van der Waals surface area contributed by atoms with E-state index in [1.807, 2.05) is 49.4 Å². The zero-order valence-corrected chi connectivity index (χ0v) is 14.7. The van der Waals surface area contributed by atoms with Crippen molar-refractivity contribution in [1.82, 2.24) is 4.57 Å². The third-order valence-electron chi connectivity index (χ3n) is 4.05. The van der Waals surface area contributed by atoms with Crippen LogP contribution in [0, 0.1) is 6.92 Å². The SMILES string of the molecule is COc1ccc(Cn2cccc(C(=O)Nc3cccc(C)c3)c2=O)cc1. The summed E-state index contributed by atoms with van der Waals surface area (Å²) in [7, 11) is 1.61. The van der Waals surface area contributed by atoms with E-state index in [9.17, 15) is 9.59 Å². The maximum atomic E-state index is 12.7. The molecule has 26 heavy (non-hydrogen) atoms. The first-order valence-electron chi connectivity index (χ1n) is 8.27. The lowest BCUT2D eigenvalue weighted by Gasteiger charge is -2.10. The van der Waals surface area contributed by atoms with Gasteiger partial charge < -0.3 is 14.6 Å². The summed E-state index contributed by atoms with van der Waals surface area (Å²) in [6, 6.07) is 18.2. The molecule has 0 bridgehead atoms. The van der Waals surface area contributed by atoms with Crippen molar-refractivity contribution in [3.63, 3.8) is 0 Å². The Kier molecular flexibility index (Phi) is 5.17. The van der Waals surface area contributed by atoms with Crippen LogP contribution in [0.5, 0.6) is 5.75 Å². The second-order valence-corrected chi connectivity index (χ2v) is 6.03. The van der Waals surface area contributed by atoms with Crippen molar-refractivity contribution in [2.45, 2.75) is 13.5 Å². The minimum absolute atomic E-state index is 0.113. The summed E-state index contributed by atoms with van der Waals surface area (Å²) in [6.07, 6.45) is 1.68. The van der Waals surface area contributed by atoms with Crippen LogP contribution >= 0.6 is 0 Å². The molecule has 0 unspecified atom stereocenters. The fourth-order valence-corrected chi connectivity index (χ4v) is 2.68. The number of amides is 1. The summed E-state index contributed by atoms with van der Waals surface area (Å²) in [4.78, 5) is 25.2. The zero-order valence-electron chi connectivity index (χ0n) is 14.7. The van der Waals surface area contributed by atoms with Crippen molar-refractivity contribution in [2.24, 2.45) is 0 Å². The van der Waals surface area contributed by atoms with Crippen LogP contribution in [-0.4, -0.2) is 17.6 Å². The summed E-state index contributed by atoms with van der Waals surface area (Å²) in [5, 5.41) is 2.78. The number of ether oxygens (including phenoxy) is 1. The van der Waals surface area contributed by atoms with Crippen LogP contribution in [0.1, 0.15) is 21.5 Å². The van der Waals surface area contributed by atoms with E-state index in [2.05, 4.69) is 5.32 Å². The van der Waals surface area contributed by atoms with Crippen molar-refractivity contribution in [1.29, 1.82) is 0 Å². The first-order valence-corrected chi connectivity index (χ1v) is 8.27. The molecule has 0 saturated heterocycles. The van der Waals surface area contributed by atoms with Crippen LogP contribution in [0.3, 0.4) is 0 Å². The third kappa shape index (κ3) is 4.00. The van der Waals surface area contributed by atoms with Gasteiger partial charge in [0.2, 0.25) is 0 Å². The number of carbonyl (C=O) groups excluding carboxylic acids is 1. The minimum Gasteiger partial charge on any atom is -0.497 e. The molecule has 1 N–H and O–H groups in total. The number of pyridine rings is 1. The fraction of sp³-hybridized carbons (Fsp3) is 0.143. The van der Waals surface area contributed by atoms with Gasteiger partial charge in [-0.2, -0.15) is 0 Å². The number of carbonyl (C=O) groups is 1. The normalized spacial score (nSPS) is 10.4. The summed E-state index contributed by atoms with van der Waals surface area (Å²) in [5.74, 6) is 0.345. The molecule has 0 radical (unpaired) electrons. The van der Waals surface area contributed by atoms with Crippen molar-refractivity contribution in [3.05, 3.63) is 93.9 Å². The highest BCUT2D eigenvalue weighted by molar-refractivity contribution is 6.04. The fourth-order valence-electron chi connectivity index (χ4n) is 2.68. The quantitative estimate of drug-likeness (QED) is 0.768. The molecule has 0 fully saturated rings. The lowest BCUT2D eigenvalue weighted by atomic mass is 10.2. The molecule has 0 spiro atoms. The maximum Gasteiger partial charge on any atom is 0.263 e. The molecule has 3 aromatic rings. The minimum atomic E-state index is -0.412. The number of nitrogens with one attached hydrogen (secondary N) is 1. The number of hydrogen-bond acceptors (Lipinski definition) is 3. The Morgan fingerprint density at radius 1 is 1.08 bits per heavy atom. The predicted octanol–water partition coefficient (Wildman–Crippen LogP) is 3.47. The standard InChI is InChI=1S/C21H20N2O3/c1-15-5-3-6-17(13-15)22-20(24)19-7-4-12-23(21(19)25)14-16-8-10-18(26-2)11-9-16/h3-13H,14H2,1-2H3,(H,22,24). The molecule has 0 atom stereocenters. The van der Waals surface area contributed by atoms with Crippen molar-refractivity contribution in [3.8, 4) is 5.75 Å². The largest absolute Gasteiger partial charge is 0.497 e. The first-order chi connectivity index (χ1) is 12.6. The lowest BCUT2D eigenvalue weighted by molar-refractivity contribution is 0.102. The van der Waals surface area contributed by atoms with Gasteiger partial charge >= 0.3 is 0 Å². The monoisotopic (exact) mass is 348 g/mol. The average molecular weight is 348 g/mol. The molecule has 0 saturated carbocycles. The van der Waals surface area contributed by atoms with Gasteiger partial charge in [0, 0.05) is 11.9 Å². The maximum absolute atomic E-state index is 12.7. The highest BCUT2D eigenvalue weighted by atomic mass is 16.5. The van der Waals surface area contributed by atoms with E-state index in [0.717, 1.165) is 16.9 Å². The van der Waals surface area contributed by atoms with E-state index in [-0.39, 0.29) is 11.1 Å². The zero-order chi connectivity index (χ0) is 18.5. The molecule has 0 aliphatic rings. The Labute approximate surface area is 151 Å². The van der Waals surface area contributed by atoms with Gasteiger partial charge in [-0.1, -0.05) is 24.3 Å². The van der Waals surface area contributed by atoms with E-state index in [4.69, 9.17) is 4.74 Å². The van der Waals surface area contributed by atoms with Crippen molar-refractivity contribution >= 4 is 11.6 Å². The Morgan fingerprint density at radius 2 is 1.85 bits per heavy atom. The Hall–Kier alpha value is -3.34. The molecule has 3 rings (SSSR count). The van der Waals surface area contributed by atoms with E-state index in [0.29, 0.717) is 12.2 Å². The molecule has 0 aliphatic carbocycles. The molecule has 1 heterocycles. The molecule has 5 nitrogen and oxygen atoms in total. The van der Waals surface area contributed by atoms with Gasteiger partial charge in [-0.15, -0.1) is 0 Å². The summed E-state index contributed by atoms with van der Waals surface area (Å²) < 4.78 is 6.66. The van der Waals surface area contributed by atoms with Gasteiger partial charge in [-0.05, 0) is 54.4 Å². The molecular weight excluding hydrogens is 328 g/mol. The third-order valence-corrected chi connectivity index (χ3v) is 4.05. The number of methoxy groups -OCH3 is 1. The second kappa shape index (κ2) is 7.70. The molecule has 2 aromatic carbocycles. The van der Waals surface area contributed by atoms with Gasteiger partial charge in [0.1, 0.15) is 11.3 Å². The van der Waals surface area contributed by atoms with E-state index in [1.54, 1.807) is 25.4 Å². The number of nitrogens with zero attached hydrogens (tertiary/aromatic N) is 1. The number of benzene rings is 2. The smallest absolute Gasteiger partial charge is 0.263 e. The predicted molar refractivity (Wildman–Crippen MR) is 102 cm³/mol. The second-order valence-electron chi connectivity index (χ2n) is 6.03. The Morgan fingerprint density at radius 3 is 2.54 bits per heavy atom. The summed E-state index contributed by atoms with van der Waals surface area (Å²) in [5.41, 5.74) is 2.44. The van der Waals surface area contributed by atoms with Gasteiger partial charge in [0.15, 0.2) is 0 Å². The highest BCUT2D eigenvalue weighted by Crippen LogP contribution is 2.13. The molecule has 5 heteroatoms. The van der Waals surface area contributed by atoms with Crippen molar-refractivity contribution in [2.75, 3.05) is 12.4 Å². The van der Waals surface area contributed by atoms with Crippen LogP contribution in [0.2, 0.25) is 0 Å². The van der Waals surface area contributed by atoms with Crippen LogP contribution in [-0.2, 0) is 6.54 Å². The van der Waals surface area contributed by atoms with Crippen LogP contribution in [0.15, 0.2) is 71.7 Å². The van der Waals surface area contributed by atoms with Crippen LogP contribution < -0.4 is 15.6 Å². The topological polar surface area (TPSA) is 60.3 Å². The van der Waals surface area contributed by atoms with Gasteiger partial charge in [0.05, 0.1) is 13.7 Å². The van der Waals surface area contributed by atoms with Gasteiger partial charge in [-0.3, -0.25) is 9.59 Å². The highest BCUT2D eigenvalue weighted by Gasteiger charge is 2.12. The van der Waals surface area contributed by atoms with E-state index in [1.165, 1.54) is 10.6 Å². The molecule has 0 aliphatic heterocycles. The number of anilines is 1. The summed E-state index contributed by atoms with van der Waals surface area (Å²) in [6.45, 7) is 2.33. The van der Waals surface area contributed by atoms with E-state index >= 15 is 0 Å². The average Bonchev–Trinajstić information content (AvgIpc) is 2.64. The molecule has 1 aromatic heterocycles. The number of aromatic nitrogens is 1. The Balaban J connectivity index is 1.82. The molecule has 132 valence electrons. The molecule has 1 amide bonds. The van der Waals surface area contributed by atoms with Crippen LogP contribution in [0.4, 0.5) is 5.69 Å². The number of rotatable bonds is 5. The van der Waals surface area contributed by atoms with Crippen molar-refractivity contribution < 1.29 is 9.53 Å². The Bertz CT molecular complexity index is 975. The first kappa shape index (κ1) is 17.5. The lowest BCUT2D eigenvalue weighted by Crippen LogP contribution is -2.29. The van der Waals surface area contributed by atoms with Gasteiger partial charge in [-0.25, -0.2) is 0 Å². The van der Waals surface area contributed by atoms with Gasteiger partial charge in [0.25, 0.3) is 11.5 Å². The number of hydrogen-bond donors (Lipinski definition) is 1. The number of aryl methyl sites for hydroxylation is 1. The molecular formula is C21H20N2O3. The summed E-state index contributed by atoms with van der Waals surface area (Å²) >= 11 is 0. The van der Waals surface area contributed by atoms with Crippen LogP contribution in [0.25, 0.3) is 0 Å². The van der Waals surface area contributed by atoms with E-state index < -0.39 is 5.91 Å².